The van der Waals surface area contributed by atoms with Crippen LogP contribution in [0.1, 0.15) is 17.6 Å². The average molecular weight is 274 g/mol. The summed E-state index contributed by atoms with van der Waals surface area (Å²) < 4.78 is 5.83. The predicted molar refractivity (Wildman–Crippen MR) is 74.7 cm³/mol. The van der Waals surface area contributed by atoms with Gasteiger partial charge in [0, 0.05) is 12.0 Å². The monoisotopic (exact) mass is 274 g/mol. The first-order valence-corrected chi connectivity index (χ1v) is 7.40. The molecule has 19 heavy (non-hydrogen) atoms. The van der Waals surface area contributed by atoms with E-state index in [0.717, 1.165) is 11.3 Å². The minimum absolute atomic E-state index is 0.0789. The Morgan fingerprint density at radius 2 is 2.16 bits per heavy atom. The summed E-state index contributed by atoms with van der Waals surface area (Å²) in [4.78, 5) is 15.4. The molecule has 1 N–H and O–H groups in total. The number of carbonyl (C=O) groups is 1. The molecule has 1 aliphatic rings. The van der Waals surface area contributed by atoms with Gasteiger partial charge in [-0.25, -0.2) is 4.98 Å². The zero-order valence-corrected chi connectivity index (χ0v) is 11.3. The van der Waals surface area contributed by atoms with E-state index < -0.39 is 0 Å². The number of hydrogen-bond donors (Lipinski definition) is 1. The first-order valence-electron chi connectivity index (χ1n) is 6.11. The largest absolute Gasteiger partial charge is 0.439 e. The van der Waals surface area contributed by atoms with E-state index in [4.69, 9.17) is 4.42 Å². The number of carbonyl (C=O) groups excluding carboxylic acids is 1. The Bertz CT molecular complexity index is 574. The van der Waals surface area contributed by atoms with Crippen LogP contribution in [0.2, 0.25) is 0 Å². The second-order valence-corrected chi connectivity index (χ2v) is 5.44. The molecule has 0 spiro atoms. The highest BCUT2D eigenvalue weighted by molar-refractivity contribution is 7.98. The van der Waals surface area contributed by atoms with E-state index in [2.05, 4.69) is 10.3 Å². The second-order valence-electron chi connectivity index (χ2n) is 4.46. The van der Waals surface area contributed by atoms with Crippen molar-refractivity contribution in [1.29, 1.82) is 0 Å². The molecule has 2 heterocycles. The number of thioether (sulfide) groups is 1. The summed E-state index contributed by atoms with van der Waals surface area (Å²) in [5.41, 5.74) is 1.01. The Kier molecular flexibility index (Phi) is 3.29. The van der Waals surface area contributed by atoms with Crippen molar-refractivity contribution < 1.29 is 9.21 Å². The van der Waals surface area contributed by atoms with Gasteiger partial charge >= 0.3 is 0 Å². The van der Waals surface area contributed by atoms with Gasteiger partial charge in [-0.1, -0.05) is 30.3 Å². The maximum absolute atomic E-state index is 11.0. The maximum Gasteiger partial charge on any atom is 0.222 e. The summed E-state index contributed by atoms with van der Waals surface area (Å²) in [6, 6.07) is 10.0. The van der Waals surface area contributed by atoms with Gasteiger partial charge < -0.3 is 9.73 Å². The molecule has 2 aromatic rings. The van der Waals surface area contributed by atoms with Crippen LogP contribution in [0, 0.1) is 0 Å². The molecule has 98 valence electrons. The number of nitrogens with zero attached hydrogens (tertiary/aromatic N) is 1. The van der Waals surface area contributed by atoms with E-state index in [1.165, 1.54) is 0 Å². The predicted octanol–water partition coefficient (Wildman–Crippen LogP) is 2.63. The van der Waals surface area contributed by atoms with Crippen LogP contribution >= 0.6 is 11.8 Å². The lowest BCUT2D eigenvalue weighted by Crippen LogP contribution is -2.51. The highest BCUT2D eigenvalue weighted by Crippen LogP contribution is 2.35. The molecule has 5 heteroatoms. The molecule has 1 aliphatic heterocycles. The number of rotatable bonds is 4. The average Bonchev–Trinajstić information content (AvgIpc) is 2.88. The molecule has 0 aliphatic carbocycles. The Hall–Kier alpha value is -1.75. The van der Waals surface area contributed by atoms with E-state index in [-0.39, 0.29) is 17.2 Å². The van der Waals surface area contributed by atoms with Gasteiger partial charge in [0.1, 0.15) is 5.25 Å². The van der Waals surface area contributed by atoms with Crippen LogP contribution in [0.4, 0.5) is 0 Å². The molecule has 1 amide bonds. The Morgan fingerprint density at radius 1 is 1.42 bits per heavy atom. The van der Waals surface area contributed by atoms with E-state index in [1.54, 1.807) is 18.0 Å². The van der Waals surface area contributed by atoms with Crippen molar-refractivity contribution in [1.82, 2.24) is 10.3 Å². The molecule has 0 saturated carbocycles. The summed E-state index contributed by atoms with van der Waals surface area (Å²) in [6.45, 7) is 0. The van der Waals surface area contributed by atoms with Crippen LogP contribution in [0.25, 0.3) is 11.3 Å². The van der Waals surface area contributed by atoms with Crippen LogP contribution in [-0.4, -0.2) is 23.2 Å². The minimum atomic E-state index is 0.0789. The van der Waals surface area contributed by atoms with Crippen molar-refractivity contribution in [2.24, 2.45) is 0 Å². The third kappa shape index (κ3) is 2.38. The van der Waals surface area contributed by atoms with Gasteiger partial charge in [-0.15, -0.1) is 11.8 Å². The zero-order chi connectivity index (χ0) is 13.2. The van der Waals surface area contributed by atoms with E-state index in [9.17, 15) is 4.79 Å². The second kappa shape index (κ2) is 5.09. The lowest BCUT2D eigenvalue weighted by atomic mass is 10.0. The summed E-state index contributed by atoms with van der Waals surface area (Å²) in [6.07, 6.45) is 4.30. The van der Waals surface area contributed by atoms with Crippen LogP contribution in [0.15, 0.2) is 40.9 Å². The van der Waals surface area contributed by atoms with Gasteiger partial charge in [-0.3, -0.25) is 4.79 Å². The summed E-state index contributed by atoms with van der Waals surface area (Å²) in [5.74, 6) is 1.54. The molecule has 2 atom stereocenters. The molecule has 1 fully saturated rings. The fourth-order valence-corrected chi connectivity index (χ4v) is 2.96. The molecule has 0 radical (unpaired) electrons. The molecule has 1 saturated heterocycles. The number of nitrogens with one attached hydrogen (secondary N) is 1. The number of amides is 1. The van der Waals surface area contributed by atoms with Crippen molar-refractivity contribution in [3.05, 3.63) is 42.4 Å². The fourth-order valence-electron chi connectivity index (χ4n) is 2.16. The molecule has 1 aromatic heterocycles. The topological polar surface area (TPSA) is 55.1 Å². The first kappa shape index (κ1) is 12.3. The Balaban J connectivity index is 1.82. The van der Waals surface area contributed by atoms with Crippen LogP contribution in [0.3, 0.4) is 0 Å². The van der Waals surface area contributed by atoms with E-state index in [0.29, 0.717) is 12.3 Å². The van der Waals surface area contributed by atoms with Crippen molar-refractivity contribution in [2.75, 3.05) is 6.26 Å². The van der Waals surface area contributed by atoms with Crippen LogP contribution in [0.5, 0.6) is 0 Å². The highest BCUT2D eigenvalue weighted by atomic mass is 32.2. The van der Waals surface area contributed by atoms with Gasteiger partial charge in [-0.05, 0) is 6.26 Å². The Morgan fingerprint density at radius 3 is 2.79 bits per heavy atom. The van der Waals surface area contributed by atoms with Gasteiger partial charge in [0.05, 0.1) is 12.2 Å². The Labute approximate surface area is 115 Å². The quantitative estimate of drug-likeness (QED) is 0.871. The first-order chi connectivity index (χ1) is 9.28. The van der Waals surface area contributed by atoms with E-state index >= 15 is 0 Å². The molecule has 0 bridgehead atoms. The maximum atomic E-state index is 11.0. The third-order valence-electron chi connectivity index (χ3n) is 3.20. The summed E-state index contributed by atoms with van der Waals surface area (Å²) in [7, 11) is 0. The van der Waals surface area contributed by atoms with Gasteiger partial charge in [0.25, 0.3) is 0 Å². The summed E-state index contributed by atoms with van der Waals surface area (Å²) in [5, 5.41) is 2.96. The number of benzene rings is 1. The van der Waals surface area contributed by atoms with Crippen molar-refractivity contribution in [2.45, 2.75) is 17.7 Å². The number of β-lactam (4-membered cyclic amide) rings is 1. The lowest BCUT2D eigenvalue weighted by Gasteiger charge is -2.31. The standard InChI is InChI=1S/C14H14N2O2S/c1-19-13(10-7-12(17)16-10)14-15-8-11(18-14)9-5-3-2-4-6-9/h2-6,8,10,13H,7H2,1H3,(H,16,17). The molecule has 3 rings (SSSR count). The fraction of sp³-hybridized carbons (Fsp3) is 0.286. The molecule has 4 nitrogen and oxygen atoms in total. The smallest absolute Gasteiger partial charge is 0.222 e. The van der Waals surface area contributed by atoms with Crippen LogP contribution < -0.4 is 5.32 Å². The van der Waals surface area contributed by atoms with Gasteiger partial charge in [0.15, 0.2) is 5.76 Å². The van der Waals surface area contributed by atoms with Gasteiger partial charge in [0.2, 0.25) is 11.8 Å². The molecular weight excluding hydrogens is 260 g/mol. The normalized spacial score (nSPS) is 19.6. The molecule has 2 unspecified atom stereocenters. The molecular formula is C14H14N2O2S. The highest BCUT2D eigenvalue weighted by Gasteiger charge is 2.36. The number of aromatic nitrogens is 1. The summed E-state index contributed by atoms with van der Waals surface area (Å²) >= 11 is 1.65. The van der Waals surface area contributed by atoms with Crippen molar-refractivity contribution >= 4 is 17.7 Å². The van der Waals surface area contributed by atoms with Gasteiger partial charge in [-0.2, -0.15) is 0 Å². The number of oxazole rings is 1. The van der Waals surface area contributed by atoms with Crippen LogP contribution in [-0.2, 0) is 4.79 Å². The van der Waals surface area contributed by atoms with Crippen molar-refractivity contribution in [3.63, 3.8) is 0 Å². The minimum Gasteiger partial charge on any atom is -0.439 e. The SMILES string of the molecule is CSC(c1ncc(-c2ccccc2)o1)C1CC(=O)N1. The number of hydrogen-bond acceptors (Lipinski definition) is 4. The van der Waals surface area contributed by atoms with Crippen molar-refractivity contribution in [3.8, 4) is 11.3 Å². The lowest BCUT2D eigenvalue weighted by molar-refractivity contribution is -0.128. The zero-order valence-electron chi connectivity index (χ0n) is 10.5. The van der Waals surface area contributed by atoms with E-state index in [1.807, 2.05) is 36.6 Å². The third-order valence-corrected chi connectivity index (χ3v) is 4.23. The molecule has 1 aromatic carbocycles.